The Balaban J connectivity index is 1.68. The van der Waals surface area contributed by atoms with E-state index in [1.165, 1.54) is 0 Å². The van der Waals surface area contributed by atoms with Crippen molar-refractivity contribution in [3.05, 3.63) is 105 Å². The maximum atomic E-state index is 12.9. The maximum absolute atomic E-state index is 12.9. The molecule has 0 bridgehead atoms. The Morgan fingerprint density at radius 1 is 1.06 bits per heavy atom. The van der Waals surface area contributed by atoms with Crippen molar-refractivity contribution in [1.29, 1.82) is 5.26 Å². The van der Waals surface area contributed by atoms with E-state index >= 15 is 0 Å². The van der Waals surface area contributed by atoms with Gasteiger partial charge in [0.05, 0.1) is 10.0 Å². The fourth-order valence-electron chi connectivity index (χ4n) is 3.80. The van der Waals surface area contributed by atoms with E-state index in [2.05, 4.69) is 9.88 Å². The maximum Gasteiger partial charge on any atom is 0.266 e. The van der Waals surface area contributed by atoms with Gasteiger partial charge < -0.3 is 9.88 Å². The SMILES string of the molecule is Cc1ccc(NC(=O)/C(C#N)=C\c2cn(Cc3ccc(Cl)c(Cl)c3)c3ccccc23)c(C)c1. The van der Waals surface area contributed by atoms with Crippen LogP contribution >= 0.6 is 23.2 Å². The number of rotatable bonds is 5. The number of halogens is 2. The van der Waals surface area contributed by atoms with E-state index in [0.29, 0.717) is 22.3 Å². The van der Waals surface area contributed by atoms with Crippen LogP contribution in [0.2, 0.25) is 10.0 Å². The first-order valence-corrected chi connectivity index (χ1v) is 11.1. The second-order valence-electron chi connectivity index (χ2n) is 7.92. The monoisotopic (exact) mass is 473 g/mol. The van der Waals surface area contributed by atoms with Gasteiger partial charge in [-0.1, -0.05) is 65.2 Å². The van der Waals surface area contributed by atoms with Crippen LogP contribution in [0.4, 0.5) is 5.69 Å². The predicted octanol–water partition coefficient (Wildman–Crippen LogP) is 7.16. The molecule has 0 radical (unpaired) electrons. The van der Waals surface area contributed by atoms with E-state index in [9.17, 15) is 10.1 Å². The molecule has 0 saturated heterocycles. The van der Waals surface area contributed by atoms with Gasteiger partial charge in [-0.05, 0) is 55.3 Å². The third-order valence-corrected chi connectivity index (χ3v) is 6.19. The Hall–Kier alpha value is -3.52. The zero-order valence-electron chi connectivity index (χ0n) is 18.2. The van der Waals surface area contributed by atoms with E-state index < -0.39 is 5.91 Å². The molecular formula is C27H21Cl2N3O. The standard InChI is InChI=1S/C27H21Cl2N3O/c1-17-7-10-25(18(2)11-17)31-27(33)20(14-30)13-21-16-32(26-6-4-3-5-22(21)26)15-19-8-9-23(28)24(29)12-19/h3-13,16H,15H2,1-2H3,(H,31,33)/b20-13-. The third kappa shape index (κ3) is 4.96. The molecule has 0 aliphatic rings. The quantitative estimate of drug-likeness (QED) is 0.247. The Kier molecular flexibility index (Phi) is 6.55. The number of para-hydroxylation sites is 1. The molecule has 4 rings (SSSR count). The minimum atomic E-state index is -0.439. The van der Waals surface area contributed by atoms with Crippen LogP contribution in [-0.4, -0.2) is 10.5 Å². The molecule has 0 unspecified atom stereocenters. The summed E-state index contributed by atoms with van der Waals surface area (Å²) >= 11 is 12.2. The largest absolute Gasteiger partial charge is 0.342 e. The first-order chi connectivity index (χ1) is 15.9. The Morgan fingerprint density at radius 3 is 2.58 bits per heavy atom. The van der Waals surface area contributed by atoms with Crippen molar-refractivity contribution in [2.75, 3.05) is 5.32 Å². The van der Waals surface area contributed by atoms with E-state index in [1.54, 1.807) is 12.1 Å². The molecule has 1 heterocycles. The minimum Gasteiger partial charge on any atom is -0.342 e. The van der Waals surface area contributed by atoms with Gasteiger partial charge in [-0.2, -0.15) is 5.26 Å². The molecule has 0 saturated carbocycles. The summed E-state index contributed by atoms with van der Waals surface area (Å²) in [7, 11) is 0. The molecule has 6 heteroatoms. The number of amides is 1. The molecule has 164 valence electrons. The number of nitrogens with zero attached hydrogens (tertiary/aromatic N) is 2. The van der Waals surface area contributed by atoms with Crippen molar-refractivity contribution in [2.45, 2.75) is 20.4 Å². The Labute approximate surface area is 202 Å². The lowest BCUT2D eigenvalue weighted by Crippen LogP contribution is -2.14. The Bertz CT molecular complexity index is 1440. The lowest BCUT2D eigenvalue weighted by molar-refractivity contribution is -0.112. The van der Waals surface area contributed by atoms with Gasteiger partial charge in [0, 0.05) is 34.9 Å². The summed E-state index contributed by atoms with van der Waals surface area (Å²) in [6, 6.07) is 21.2. The van der Waals surface area contributed by atoms with Crippen molar-refractivity contribution >= 4 is 51.8 Å². The van der Waals surface area contributed by atoms with Crippen LogP contribution in [-0.2, 0) is 11.3 Å². The fourth-order valence-corrected chi connectivity index (χ4v) is 4.12. The van der Waals surface area contributed by atoms with Crippen molar-refractivity contribution < 1.29 is 4.79 Å². The summed E-state index contributed by atoms with van der Waals surface area (Å²) in [6.45, 7) is 4.49. The van der Waals surface area contributed by atoms with Gasteiger partial charge in [0.1, 0.15) is 11.6 Å². The van der Waals surface area contributed by atoms with E-state index in [0.717, 1.165) is 33.2 Å². The molecule has 1 aromatic heterocycles. The van der Waals surface area contributed by atoms with Crippen LogP contribution in [0.25, 0.3) is 17.0 Å². The second kappa shape index (κ2) is 9.54. The number of benzene rings is 3. The summed E-state index contributed by atoms with van der Waals surface area (Å²) in [4.78, 5) is 12.9. The highest BCUT2D eigenvalue weighted by molar-refractivity contribution is 6.42. The van der Waals surface area contributed by atoms with Crippen molar-refractivity contribution in [3.8, 4) is 6.07 Å². The molecular weight excluding hydrogens is 453 g/mol. The van der Waals surface area contributed by atoms with E-state index in [4.69, 9.17) is 23.2 Å². The highest BCUT2D eigenvalue weighted by atomic mass is 35.5. The predicted molar refractivity (Wildman–Crippen MR) is 136 cm³/mol. The first-order valence-electron chi connectivity index (χ1n) is 10.4. The van der Waals surface area contributed by atoms with Gasteiger partial charge >= 0.3 is 0 Å². The van der Waals surface area contributed by atoms with Gasteiger partial charge in [-0.3, -0.25) is 4.79 Å². The third-order valence-electron chi connectivity index (χ3n) is 5.45. The number of carbonyl (C=O) groups excluding carboxylic acids is 1. The number of aromatic nitrogens is 1. The lowest BCUT2D eigenvalue weighted by atomic mass is 10.1. The average molecular weight is 474 g/mol. The molecule has 1 N–H and O–H groups in total. The Morgan fingerprint density at radius 2 is 1.85 bits per heavy atom. The number of anilines is 1. The summed E-state index contributed by atoms with van der Waals surface area (Å²) in [5.74, 6) is -0.439. The first kappa shape index (κ1) is 22.7. The smallest absolute Gasteiger partial charge is 0.266 e. The van der Waals surface area contributed by atoms with Gasteiger partial charge in [0.25, 0.3) is 5.91 Å². The molecule has 33 heavy (non-hydrogen) atoms. The second-order valence-corrected chi connectivity index (χ2v) is 8.73. The molecule has 0 aliphatic carbocycles. The molecule has 0 atom stereocenters. The van der Waals surface area contributed by atoms with Crippen LogP contribution in [0.3, 0.4) is 0 Å². The van der Waals surface area contributed by atoms with Crippen LogP contribution in [0.5, 0.6) is 0 Å². The molecule has 3 aromatic carbocycles. The molecule has 0 spiro atoms. The van der Waals surface area contributed by atoms with Crippen molar-refractivity contribution in [3.63, 3.8) is 0 Å². The topological polar surface area (TPSA) is 57.8 Å². The number of aryl methyl sites for hydroxylation is 2. The summed E-state index contributed by atoms with van der Waals surface area (Å²) < 4.78 is 2.07. The molecule has 0 aliphatic heterocycles. The van der Waals surface area contributed by atoms with E-state index in [1.807, 2.05) is 80.7 Å². The zero-order valence-corrected chi connectivity index (χ0v) is 19.7. The number of nitriles is 1. The molecule has 4 aromatic rings. The normalized spacial score (nSPS) is 11.4. The van der Waals surface area contributed by atoms with E-state index in [-0.39, 0.29) is 5.57 Å². The summed E-state index contributed by atoms with van der Waals surface area (Å²) in [6.07, 6.45) is 3.57. The summed E-state index contributed by atoms with van der Waals surface area (Å²) in [5, 5.41) is 14.5. The van der Waals surface area contributed by atoms with Crippen LogP contribution < -0.4 is 5.32 Å². The lowest BCUT2D eigenvalue weighted by Gasteiger charge is -2.08. The van der Waals surface area contributed by atoms with Crippen LogP contribution in [0, 0.1) is 25.2 Å². The minimum absolute atomic E-state index is 0.0346. The van der Waals surface area contributed by atoms with Crippen LogP contribution in [0.15, 0.2) is 72.4 Å². The number of fused-ring (bicyclic) bond motifs is 1. The molecule has 0 fully saturated rings. The van der Waals surface area contributed by atoms with Crippen molar-refractivity contribution in [1.82, 2.24) is 4.57 Å². The number of carbonyl (C=O) groups is 1. The number of nitrogens with one attached hydrogen (secondary N) is 1. The summed E-state index contributed by atoms with van der Waals surface area (Å²) in [5.41, 5.74) is 5.55. The highest BCUT2D eigenvalue weighted by Crippen LogP contribution is 2.27. The zero-order chi connectivity index (χ0) is 23.5. The molecule has 4 nitrogen and oxygen atoms in total. The van der Waals surface area contributed by atoms with Gasteiger partial charge in [0.15, 0.2) is 0 Å². The van der Waals surface area contributed by atoms with Gasteiger partial charge in [-0.15, -0.1) is 0 Å². The number of hydrogen-bond acceptors (Lipinski definition) is 2. The average Bonchev–Trinajstić information content (AvgIpc) is 3.13. The van der Waals surface area contributed by atoms with Gasteiger partial charge in [-0.25, -0.2) is 0 Å². The fraction of sp³-hybridized carbons (Fsp3) is 0.111. The number of hydrogen-bond donors (Lipinski definition) is 1. The van der Waals surface area contributed by atoms with Gasteiger partial charge in [0.2, 0.25) is 0 Å². The molecule has 1 amide bonds. The van der Waals surface area contributed by atoms with Crippen molar-refractivity contribution in [2.24, 2.45) is 0 Å². The van der Waals surface area contributed by atoms with Crippen LogP contribution in [0.1, 0.15) is 22.3 Å². The highest BCUT2D eigenvalue weighted by Gasteiger charge is 2.14.